The predicted molar refractivity (Wildman–Crippen MR) is 90.6 cm³/mol. The molecule has 3 rings (SSSR count). The molecular weight excluding hydrogens is 331 g/mol. The number of para-hydroxylation sites is 2. The van der Waals surface area contributed by atoms with Crippen LogP contribution in [0, 0.1) is 0 Å². The Labute approximate surface area is 139 Å². The van der Waals surface area contributed by atoms with Crippen LogP contribution in [0.1, 0.15) is 0 Å². The van der Waals surface area contributed by atoms with Crippen LogP contribution < -0.4 is 0 Å². The highest BCUT2D eigenvalue weighted by atomic mass is 32.2. The number of aromatic hydroxyl groups is 2. The van der Waals surface area contributed by atoms with Crippen molar-refractivity contribution in [2.24, 2.45) is 0 Å². The third-order valence-corrected chi connectivity index (χ3v) is 4.82. The second kappa shape index (κ2) is 8.69. The number of halogens is 1. The summed E-state index contributed by atoms with van der Waals surface area (Å²) in [6, 6.07) is 23.2. The molecule has 3 aromatic carbocycles. The smallest absolute Gasteiger partial charge is 0.213 e. The molecule has 0 aliphatic heterocycles. The lowest BCUT2D eigenvalue weighted by Gasteiger charge is -2.07. The van der Waals surface area contributed by atoms with Gasteiger partial charge in [-0.25, -0.2) is 8.42 Å². The van der Waals surface area contributed by atoms with Crippen molar-refractivity contribution >= 4 is 9.84 Å². The average Bonchev–Trinajstić information content (AvgIpc) is 2.57. The Morgan fingerprint density at radius 1 is 0.542 bits per heavy atom. The van der Waals surface area contributed by atoms with Gasteiger partial charge in [0.15, 0.2) is 0 Å². The van der Waals surface area contributed by atoms with Gasteiger partial charge in [-0.05, 0) is 24.3 Å². The summed E-state index contributed by atoms with van der Waals surface area (Å²) in [7, 11) is -3.90. The van der Waals surface area contributed by atoms with E-state index in [4.69, 9.17) is 0 Å². The van der Waals surface area contributed by atoms with Gasteiger partial charge in [0.1, 0.15) is 21.3 Å². The number of phenols is 2. The molecule has 0 radical (unpaired) electrons. The zero-order valence-electron chi connectivity index (χ0n) is 12.6. The zero-order chi connectivity index (χ0) is 16.7. The van der Waals surface area contributed by atoms with Gasteiger partial charge in [-0.15, -0.1) is 0 Å². The first-order chi connectivity index (χ1) is 11.0. The van der Waals surface area contributed by atoms with E-state index in [9.17, 15) is 18.6 Å². The maximum absolute atomic E-state index is 12.2. The molecule has 0 amide bonds. The maximum Gasteiger partial charge on any atom is 0.213 e. The Hall–Kier alpha value is -2.86. The minimum Gasteiger partial charge on any atom is -0.507 e. The van der Waals surface area contributed by atoms with E-state index in [2.05, 4.69) is 0 Å². The number of sulfone groups is 1. The van der Waals surface area contributed by atoms with Gasteiger partial charge < -0.3 is 10.2 Å². The lowest BCUT2D eigenvalue weighted by molar-refractivity contribution is 0.453. The van der Waals surface area contributed by atoms with Crippen molar-refractivity contribution in [1.82, 2.24) is 0 Å². The molecular formula is C18H17FO4S. The summed E-state index contributed by atoms with van der Waals surface area (Å²) in [6.45, 7) is 0. The highest BCUT2D eigenvalue weighted by Crippen LogP contribution is 2.32. The second-order valence-corrected chi connectivity index (χ2v) is 6.48. The monoisotopic (exact) mass is 348 g/mol. The number of benzene rings is 3. The molecule has 0 bridgehead atoms. The van der Waals surface area contributed by atoms with Gasteiger partial charge in [0.2, 0.25) is 9.84 Å². The van der Waals surface area contributed by atoms with E-state index in [-0.39, 0.29) is 26.0 Å². The van der Waals surface area contributed by atoms with Crippen molar-refractivity contribution in [2.45, 2.75) is 9.79 Å². The SMILES string of the molecule is F.O=S(=O)(c1ccccc1O)c1ccccc1O.c1ccccc1. The van der Waals surface area contributed by atoms with Gasteiger partial charge in [-0.1, -0.05) is 60.7 Å². The van der Waals surface area contributed by atoms with Gasteiger partial charge >= 0.3 is 0 Å². The van der Waals surface area contributed by atoms with Crippen LogP contribution in [0.5, 0.6) is 11.5 Å². The second-order valence-electron chi connectivity index (χ2n) is 4.59. The topological polar surface area (TPSA) is 74.6 Å². The molecule has 24 heavy (non-hydrogen) atoms. The Bertz CT molecular complexity index is 787. The molecule has 0 aromatic heterocycles. The molecule has 4 nitrogen and oxygen atoms in total. The van der Waals surface area contributed by atoms with E-state index in [1.54, 1.807) is 0 Å². The summed E-state index contributed by atoms with van der Waals surface area (Å²) >= 11 is 0. The van der Waals surface area contributed by atoms with Gasteiger partial charge in [0.25, 0.3) is 0 Å². The Kier molecular flexibility index (Phi) is 6.95. The fourth-order valence-electron chi connectivity index (χ4n) is 1.87. The number of phenolic OH excluding ortho intramolecular Hbond substituents is 2. The van der Waals surface area contributed by atoms with Crippen molar-refractivity contribution in [3.05, 3.63) is 84.9 Å². The summed E-state index contributed by atoms with van der Waals surface area (Å²) in [6.07, 6.45) is 0. The Morgan fingerprint density at radius 3 is 1.12 bits per heavy atom. The molecule has 0 heterocycles. The Morgan fingerprint density at radius 2 is 0.833 bits per heavy atom. The van der Waals surface area contributed by atoms with Gasteiger partial charge in [0, 0.05) is 0 Å². The molecule has 2 N–H and O–H groups in total. The first kappa shape index (κ1) is 19.2. The largest absolute Gasteiger partial charge is 0.507 e. The van der Waals surface area contributed by atoms with E-state index < -0.39 is 9.84 Å². The molecule has 126 valence electrons. The van der Waals surface area contributed by atoms with Crippen LogP contribution in [0.4, 0.5) is 4.70 Å². The molecule has 0 aliphatic carbocycles. The van der Waals surface area contributed by atoms with Gasteiger partial charge in [-0.3, -0.25) is 4.70 Å². The fourth-order valence-corrected chi connectivity index (χ4v) is 3.31. The molecule has 0 aliphatic rings. The highest BCUT2D eigenvalue weighted by Gasteiger charge is 2.23. The minimum atomic E-state index is -3.90. The van der Waals surface area contributed by atoms with Crippen molar-refractivity contribution in [3.63, 3.8) is 0 Å². The minimum absolute atomic E-state index is 0. The van der Waals surface area contributed by atoms with E-state index >= 15 is 0 Å². The number of hydrogen-bond donors (Lipinski definition) is 2. The van der Waals surface area contributed by atoms with Crippen molar-refractivity contribution < 1.29 is 23.3 Å². The number of hydrogen-bond acceptors (Lipinski definition) is 4. The van der Waals surface area contributed by atoms with E-state index in [1.807, 2.05) is 36.4 Å². The van der Waals surface area contributed by atoms with Crippen molar-refractivity contribution in [3.8, 4) is 11.5 Å². The molecule has 0 unspecified atom stereocenters. The summed E-state index contributed by atoms with van der Waals surface area (Å²) in [5.41, 5.74) is 0. The molecule has 0 spiro atoms. The highest BCUT2D eigenvalue weighted by molar-refractivity contribution is 7.91. The average molecular weight is 348 g/mol. The van der Waals surface area contributed by atoms with Gasteiger partial charge in [0.05, 0.1) is 0 Å². The molecule has 3 aromatic rings. The van der Waals surface area contributed by atoms with Gasteiger partial charge in [-0.2, -0.15) is 0 Å². The molecule has 0 fully saturated rings. The van der Waals surface area contributed by atoms with Crippen LogP contribution >= 0.6 is 0 Å². The van der Waals surface area contributed by atoms with E-state index in [1.165, 1.54) is 48.5 Å². The first-order valence-corrected chi connectivity index (χ1v) is 8.33. The van der Waals surface area contributed by atoms with Crippen LogP contribution in [-0.2, 0) is 9.84 Å². The summed E-state index contributed by atoms with van der Waals surface area (Å²) in [5, 5.41) is 19.1. The first-order valence-electron chi connectivity index (χ1n) is 6.84. The van der Waals surface area contributed by atoms with Crippen LogP contribution in [0.15, 0.2) is 94.7 Å². The maximum atomic E-state index is 12.2. The van der Waals surface area contributed by atoms with E-state index in [0.717, 1.165) is 0 Å². The third kappa shape index (κ3) is 4.57. The predicted octanol–water partition coefficient (Wildman–Crippen LogP) is 3.77. The zero-order valence-corrected chi connectivity index (χ0v) is 13.4. The standard InChI is InChI=1S/C12H10O4S.C6H6.FH/c13-9-5-1-3-7-11(9)17(15,16)12-8-4-2-6-10(12)14;1-2-4-6-5-3-1;/h1-8,13-14H;1-6H;1H. The van der Waals surface area contributed by atoms with Crippen molar-refractivity contribution in [1.29, 1.82) is 0 Å². The van der Waals surface area contributed by atoms with Crippen LogP contribution in [-0.4, -0.2) is 18.6 Å². The Balaban J connectivity index is 0.000000349. The molecule has 0 saturated heterocycles. The third-order valence-electron chi connectivity index (χ3n) is 2.98. The van der Waals surface area contributed by atoms with Crippen molar-refractivity contribution in [2.75, 3.05) is 0 Å². The van der Waals surface area contributed by atoms with Crippen LogP contribution in [0.25, 0.3) is 0 Å². The molecule has 0 saturated carbocycles. The quantitative estimate of drug-likeness (QED) is 0.739. The number of rotatable bonds is 2. The van der Waals surface area contributed by atoms with Crippen LogP contribution in [0.2, 0.25) is 0 Å². The molecule has 6 heteroatoms. The summed E-state index contributed by atoms with van der Waals surface area (Å²) in [5.74, 6) is -0.675. The lowest BCUT2D eigenvalue weighted by atomic mass is 10.3. The summed E-state index contributed by atoms with van der Waals surface area (Å²) in [4.78, 5) is -0.442. The fraction of sp³-hybridized carbons (Fsp3) is 0. The summed E-state index contributed by atoms with van der Waals surface area (Å²) < 4.78 is 24.3. The molecule has 0 atom stereocenters. The normalized spacial score (nSPS) is 10.0. The van der Waals surface area contributed by atoms with E-state index in [0.29, 0.717) is 0 Å². The van der Waals surface area contributed by atoms with Crippen LogP contribution in [0.3, 0.4) is 0 Å². The lowest BCUT2D eigenvalue weighted by Crippen LogP contribution is -2.02.